The lowest BCUT2D eigenvalue weighted by molar-refractivity contribution is 0.415. The molecule has 3 aromatic carbocycles. The van der Waals surface area contributed by atoms with Gasteiger partial charge in [-0.05, 0) is 60.5 Å². The molecule has 3 nitrogen and oxygen atoms in total. The van der Waals surface area contributed by atoms with E-state index in [1.165, 1.54) is 10.6 Å². The van der Waals surface area contributed by atoms with Gasteiger partial charge in [0, 0.05) is 5.69 Å². The van der Waals surface area contributed by atoms with Gasteiger partial charge in [-0.15, -0.1) is 0 Å². The number of benzene rings is 3. The third-order valence-corrected chi connectivity index (χ3v) is 6.21. The number of rotatable bonds is 6. The Kier molecular flexibility index (Phi) is 5.93. The number of hydrogen-bond acceptors (Lipinski definition) is 3. The molecule has 3 aromatic rings. The van der Waals surface area contributed by atoms with Crippen LogP contribution in [0.1, 0.15) is 5.56 Å². The molecule has 2 N–H and O–H groups in total. The topological polar surface area (TPSA) is 44.5 Å². The molecule has 0 atom stereocenters. The summed E-state index contributed by atoms with van der Waals surface area (Å²) in [7, 11) is 2.73. The fraction of sp³-hybridized carbons (Fsp3) is 0.0909. The molecule has 132 valence electrons. The summed E-state index contributed by atoms with van der Waals surface area (Å²) in [6, 6.07) is 24.4. The van der Waals surface area contributed by atoms with Crippen LogP contribution in [0.3, 0.4) is 0 Å². The molecule has 0 bridgehead atoms. The van der Waals surface area contributed by atoms with E-state index >= 15 is 0 Å². The fourth-order valence-electron chi connectivity index (χ4n) is 2.57. The number of hydrogen-bond donors (Lipinski definition) is 1. The minimum Gasteiger partial charge on any atom is -0.497 e. The molecule has 0 amide bonds. The van der Waals surface area contributed by atoms with Crippen molar-refractivity contribution in [2.24, 2.45) is 0 Å². The molecule has 0 saturated heterocycles. The van der Waals surface area contributed by atoms with E-state index in [1.807, 2.05) is 48.5 Å². The van der Waals surface area contributed by atoms with Gasteiger partial charge in [0.05, 0.1) is 14.2 Å². The molecule has 0 spiro atoms. The summed E-state index contributed by atoms with van der Waals surface area (Å²) in [5.41, 5.74) is 7.68. The summed E-state index contributed by atoms with van der Waals surface area (Å²) >= 11 is 0. The predicted molar refractivity (Wildman–Crippen MR) is 112 cm³/mol. The van der Waals surface area contributed by atoms with Crippen LogP contribution in [0.2, 0.25) is 0 Å². The van der Waals surface area contributed by atoms with Gasteiger partial charge in [-0.1, -0.05) is 48.3 Å². The average Bonchev–Trinajstić information content (AvgIpc) is 2.70. The van der Waals surface area contributed by atoms with Gasteiger partial charge in [0.2, 0.25) is 0 Å². The van der Waals surface area contributed by atoms with Crippen molar-refractivity contribution in [1.29, 1.82) is 0 Å². The first-order chi connectivity index (χ1) is 12.7. The van der Waals surface area contributed by atoms with Gasteiger partial charge >= 0.3 is 0 Å². The van der Waals surface area contributed by atoms with Crippen molar-refractivity contribution >= 4 is 30.3 Å². The molecule has 0 radical (unpaired) electrons. The Morgan fingerprint density at radius 3 is 1.58 bits per heavy atom. The summed E-state index contributed by atoms with van der Waals surface area (Å²) in [5, 5.41) is 2.52. The molecule has 0 aliphatic rings. The molecule has 3 rings (SSSR count). The summed E-state index contributed by atoms with van der Waals surface area (Å²) < 4.78 is 10.6. The summed E-state index contributed by atoms with van der Waals surface area (Å²) in [6.07, 6.45) is 2.15. The highest BCUT2D eigenvalue weighted by molar-refractivity contribution is 7.75. The second-order valence-electron chi connectivity index (χ2n) is 5.75. The maximum Gasteiger partial charge on any atom is 0.118 e. The smallest absolute Gasteiger partial charge is 0.118 e. The molecule has 0 aliphatic carbocycles. The minimum atomic E-state index is -0.640. The third kappa shape index (κ3) is 4.44. The van der Waals surface area contributed by atoms with Crippen LogP contribution >= 0.6 is 7.92 Å². The van der Waals surface area contributed by atoms with E-state index in [9.17, 15) is 0 Å². The summed E-state index contributed by atoms with van der Waals surface area (Å²) in [5.74, 6) is 3.99. The van der Waals surface area contributed by atoms with Gasteiger partial charge in [-0.2, -0.15) is 0 Å². The lowest BCUT2D eigenvalue weighted by Gasteiger charge is -2.15. The van der Waals surface area contributed by atoms with Crippen LogP contribution in [0, 0.1) is 0 Å². The Labute approximate surface area is 155 Å². The maximum absolute atomic E-state index is 5.78. The van der Waals surface area contributed by atoms with Crippen LogP contribution in [-0.2, 0) is 0 Å². The molecule has 0 saturated carbocycles. The lowest BCUT2D eigenvalue weighted by Crippen LogP contribution is -2.10. The molecule has 0 aliphatic heterocycles. The van der Waals surface area contributed by atoms with E-state index in [-0.39, 0.29) is 0 Å². The highest BCUT2D eigenvalue weighted by Crippen LogP contribution is 2.37. The highest BCUT2D eigenvalue weighted by atomic mass is 31.1. The molecule has 0 unspecified atom stereocenters. The van der Waals surface area contributed by atoms with Gasteiger partial charge in [-0.3, -0.25) is 0 Å². The molecule has 0 aromatic heterocycles. The van der Waals surface area contributed by atoms with Crippen LogP contribution < -0.4 is 25.8 Å². The molecule has 0 fully saturated rings. The summed E-state index contributed by atoms with van der Waals surface area (Å²) in [4.78, 5) is 0. The fourth-order valence-corrected chi connectivity index (χ4v) is 4.48. The van der Waals surface area contributed by atoms with Crippen molar-refractivity contribution in [2.75, 3.05) is 20.0 Å². The normalized spacial score (nSPS) is 11.0. The Balaban J connectivity index is 1.95. The second kappa shape index (κ2) is 8.55. The van der Waals surface area contributed by atoms with Gasteiger partial charge in [0.25, 0.3) is 0 Å². The zero-order valence-corrected chi connectivity index (χ0v) is 15.8. The van der Waals surface area contributed by atoms with Crippen LogP contribution in [-0.4, -0.2) is 14.2 Å². The van der Waals surface area contributed by atoms with E-state index in [1.54, 1.807) is 14.2 Å². The predicted octanol–water partition coefficient (Wildman–Crippen LogP) is 4.39. The first kappa shape index (κ1) is 18.0. The SMILES string of the molecule is COc1ccc(P(/C=C\c2ccc(N)cc2)c2ccc(OC)cc2)cc1. The van der Waals surface area contributed by atoms with E-state index in [0.29, 0.717) is 0 Å². The Morgan fingerprint density at radius 2 is 1.15 bits per heavy atom. The van der Waals surface area contributed by atoms with Gasteiger partial charge in [-0.25, -0.2) is 0 Å². The summed E-state index contributed by atoms with van der Waals surface area (Å²) in [6.45, 7) is 0. The zero-order valence-electron chi connectivity index (χ0n) is 14.9. The molecular formula is C22H22NO2P. The van der Waals surface area contributed by atoms with E-state index in [4.69, 9.17) is 15.2 Å². The Morgan fingerprint density at radius 1 is 0.692 bits per heavy atom. The van der Waals surface area contributed by atoms with Crippen molar-refractivity contribution < 1.29 is 9.47 Å². The first-order valence-electron chi connectivity index (χ1n) is 8.30. The monoisotopic (exact) mass is 363 g/mol. The lowest BCUT2D eigenvalue weighted by atomic mass is 10.2. The standard InChI is InChI=1S/C22H22NO2P/c1-24-19-7-11-21(12-8-19)26(22-13-9-20(25-2)10-14-22)16-15-17-3-5-18(23)6-4-17/h3-16H,23H2,1-2H3/b16-15-. The van der Waals surface area contributed by atoms with Gasteiger partial charge in [0.1, 0.15) is 11.5 Å². The Hall–Kier alpha value is -2.77. The van der Waals surface area contributed by atoms with Crippen LogP contribution in [0.15, 0.2) is 78.6 Å². The average molecular weight is 363 g/mol. The van der Waals surface area contributed by atoms with E-state index in [2.05, 4.69) is 36.2 Å². The van der Waals surface area contributed by atoms with Gasteiger partial charge < -0.3 is 15.2 Å². The second-order valence-corrected chi connectivity index (χ2v) is 7.82. The molecule has 4 heteroatoms. The number of methoxy groups -OCH3 is 2. The maximum atomic E-state index is 5.78. The largest absolute Gasteiger partial charge is 0.497 e. The van der Waals surface area contributed by atoms with Crippen molar-refractivity contribution in [3.8, 4) is 11.5 Å². The van der Waals surface area contributed by atoms with E-state index in [0.717, 1.165) is 22.7 Å². The highest BCUT2D eigenvalue weighted by Gasteiger charge is 2.11. The molecule has 26 heavy (non-hydrogen) atoms. The molecule has 0 heterocycles. The third-order valence-electron chi connectivity index (χ3n) is 4.05. The zero-order chi connectivity index (χ0) is 18.4. The Bertz CT molecular complexity index is 809. The van der Waals surface area contributed by atoms with Gasteiger partial charge in [0.15, 0.2) is 0 Å². The van der Waals surface area contributed by atoms with Crippen molar-refractivity contribution in [1.82, 2.24) is 0 Å². The number of nitrogens with two attached hydrogens (primary N) is 1. The van der Waals surface area contributed by atoms with E-state index < -0.39 is 7.92 Å². The number of nitrogen functional groups attached to an aromatic ring is 1. The van der Waals surface area contributed by atoms with Crippen molar-refractivity contribution in [2.45, 2.75) is 0 Å². The number of ether oxygens (including phenoxy) is 2. The van der Waals surface area contributed by atoms with Crippen LogP contribution in [0.4, 0.5) is 5.69 Å². The molecular weight excluding hydrogens is 341 g/mol. The van der Waals surface area contributed by atoms with Crippen LogP contribution in [0.25, 0.3) is 6.08 Å². The minimum absolute atomic E-state index is 0.640. The quantitative estimate of drug-likeness (QED) is 0.522. The first-order valence-corrected chi connectivity index (χ1v) is 9.72. The van der Waals surface area contributed by atoms with Crippen LogP contribution in [0.5, 0.6) is 11.5 Å². The van der Waals surface area contributed by atoms with Crippen molar-refractivity contribution in [3.05, 3.63) is 84.2 Å². The van der Waals surface area contributed by atoms with Crippen molar-refractivity contribution in [3.63, 3.8) is 0 Å². The number of anilines is 1.